The van der Waals surface area contributed by atoms with Crippen LogP contribution >= 0.6 is 23.4 Å². The molecule has 0 N–H and O–H groups in total. The summed E-state index contributed by atoms with van der Waals surface area (Å²) in [5, 5.41) is 0.649. The van der Waals surface area contributed by atoms with Crippen LogP contribution in [0, 0.1) is 0 Å². The molecule has 0 radical (unpaired) electrons. The smallest absolute Gasteiger partial charge is 0.220 e. The van der Waals surface area contributed by atoms with Gasteiger partial charge in [0, 0.05) is 11.6 Å². The molecule has 84 valence electrons. The van der Waals surface area contributed by atoms with E-state index in [1.165, 1.54) is 11.8 Å². The molecule has 0 unspecified atom stereocenters. The number of thioether (sulfide) groups is 1. The van der Waals surface area contributed by atoms with Crippen molar-refractivity contribution in [1.29, 1.82) is 0 Å². The molecule has 4 nitrogen and oxygen atoms in total. The minimum Gasteiger partial charge on any atom is -0.481 e. The number of hydrogen-bond acceptors (Lipinski definition) is 5. The number of alkyl halides is 1. The normalized spacial score (nSPS) is 10.1. The van der Waals surface area contributed by atoms with Crippen molar-refractivity contribution < 1.29 is 9.47 Å². The quantitative estimate of drug-likeness (QED) is 0.334. The summed E-state index contributed by atoms with van der Waals surface area (Å²) in [6, 6.07) is 1.64. The van der Waals surface area contributed by atoms with Crippen molar-refractivity contribution in [2.45, 2.75) is 11.6 Å². The number of rotatable bonds is 6. The van der Waals surface area contributed by atoms with E-state index in [1.54, 1.807) is 20.3 Å². The number of halogens is 1. The van der Waals surface area contributed by atoms with Gasteiger partial charge in [-0.1, -0.05) is 11.8 Å². The van der Waals surface area contributed by atoms with E-state index in [0.717, 1.165) is 12.2 Å². The van der Waals surface area contributed by atoms with E-state index in [0.29, 0.717) is 22.8 Å². The Morgan fingerprint density at radius 3 is 2.33 bits per heavy atom. The predicted octanol–water partition coefficient (Wildman–Crippen LogP) is 2.21. The minimum atomic E-state index is 0.509. The molecule has 15 heavy (non-hydrogen) atoms. The molecule has 0 bridgehead atoms. The van der Waals surface area contributed by atoms with E-state index >= 15 is 0 Å². The second kappa shape index (κ2) is 6.74. The van der Waals surface area contributed by atoms with Crippen LogP contribution in [0.2, 0.25) is 0 Å². The molecule has 0 amide bonds. The molecule has 0 aromatic carbocycles. The third-order valence-corrected chi connectivity index (χ3v) is 2.79. The van der Waals surface area contributed by atoms with E-state index in [9.17, 15) is 0 Å². The molecule has 1 rings (SSSR count). The highest BCUT2D eigenvalue weighted by Gasteiger charge is 2.05. The summed E-state index contributed by atoms with van der Waals surface area (Å²) in [5.74, 6) is 2.55. The molecule has 0 atom stereocenters. The van der Waals surface area contributed by atoms with Gasteiger partial charge >= 0.3 is 0 Å². The zero-order valence-corrected chi connectivity index (χ0v) is 10.3. The van der Waals surface area contributed by atoms with E-state index in [1.807, 2.05) is 0 Å². The number of ether oxygens (including phenoxy) is 2. The zero-order valence-electron chi connectivity index (χ0n) is 8.70. The lowest BCUT2D eigenvalue weighted by molar-refractivity contribution is 0.364. The fraction of sp³-hybridized carbons (Fsp3) is 0.556. The summed E-state index contributed by atoms with van der Waals surface area (Å²) < 4.78 is 10.1. The first kappa shape index (κ1) is 12.4. The second-order valence-corrected chi connectivity index (χ2v) is 4.07. The van der Waals surface area contributed by atoms with Crippen molar-refractivity contribution in [3.63, 3.8) is 0 Å². The molecule has 0 aliphatic carbocycles. The summed E-state index contributed by atoms with van der Waals surface area (Å²) in [6.45, 7) is 0. The van der Waals surface area contributed by atoms with Gasteiger partial charge in [-0.3, -0.25) is 0 Å². The molecule has 0 aliphatic rings. The molecular weight excluding hydrogens is 236 g/mol. The van der Waals surface area contributed by atoms with Crippen LogP contribution in [0.25, 0.3) is 0 Å². The number of methoxy groups -OCH3 is 2. The van der Waals surface area contributed by atoms with Crippen LogP contribution in [-0.2, 0) is 0 Å². The third-order valence-electron chi connectivity index (χ3n) is 1.59. The molecule has 0 fully saturated rings. The Hall–Kier alpha value is -0.680. The fourth-order valence-corrected chi connectivity index (χ4v) is 1.95. The van der Waals surface area contributed by atoms with Crippen LogP contribution in [0.3, 0.4) is 0 Å². The number of nitrogens with zero attached hydrogens (tertiary/aromatic N) is 2. The molecule has 1 heterocycles. The summed E-state index contributed by atoms with van der Waals surface area (Å²) in [4.78, 5) is 8.36. The van der Waals surface area contributed by atoms with Crippen molar-refractivity contribution >= 4 is 23.4 Å². The van der Waals surface area contributed by atoms with Crippen LogP contribution in [0.15, 0.2) is 11.2 Å². The molecule has 0 saturated heterocycles. The monoisotopic (exact) mass is 248 g/mol. The molecule has 0 spiro atoms. The summed E-state index contributed by atoms with van der Waals surface area (Å²) in [5.41, 5.74) is 0. The van der Waals surface area contributed by atoms with Crippen molar-refractivity contribution in [2.24, 2.45) is 0 Å². The first-order valence-electron chi connectivity index (χ1n) is 4.46. The van der Waals surface area contributed by atoms with Gasteiger partial charge in [0.2, 0.25) is 11.8 Å². The average molecular weight is 249 g/mol. The average Bonchev–Trinajstić information content (AvgIpc) is 2.29. The van der Waals surface area contributed by atoms with Crippen LogP contribution < -0.4 is 9.47 Å². The number of aromatic nitrogens is 2. The van der Waals surface area contributed by atoms with Gasteiger partial charge in [0.25, 0.3) is 0 Å². The first-order chi connectivity index (χ1) is 7.30. The lowest BCUT2D eigenvalue weighted by Gasteiger charge is -2.05. The maximum absolute atomic E-state index is 5.58. The van der Waals surface area contributed by atoms with Crippen molar-refractivity contribution in [3.8, 4) is 11.8 Å². The maximum atomic E-state index is 5.58. The Kier molecular flexibility index (Phi) is 5.57. The highest BCUT2D eigenvalue weighted by molar-refractivity contribution is 7.99. The Morgan fingerprint density at radius 1 is 1.27 bits per heavy atom. The van der Waals surface area contributed by atoms with Crippen LogP contribution in [-0.4, -0.2) is 35.8 Å². The molecule has 1 aromatic rings. The SMILES string of the molecule is COc1cc(OC)nc(SCCCCl)n1. The standard InChI is InChI=1S/C9H13ClN2O2S/c1-13-7-6-8(14-2)12-9(11-7)15-5-3-4-10/h6H,3-5H2,1-2H3. The van der Waals surface area contributed by atoms with Gasteiger partial charge in [-0.25, -0.2) is 0 Å². The van der Waals surface area contributed by atoms with E-state index in [2.05, 4.69) is 9.97 Å². The Balaban J connectivity index is 2.68. The fourth-order valence-electron chi connectivity index (χ4n) is 0.875. The third kappa shape index (κ3) is 4.13. The van der Waals surface area contributed by atoms with Crippen LogP contribution in [0.1, 0.15) is 6.42 Å². The predicted molar refractivity (Wildman–Crippen MR) is 61.2 cm³/mol. The van der Waals surface area contributed by atoms with Crippen molar-refractivity contribution in [2.75, 3.05) is 25.9 Å². The van der Waals surface area contributed by atoms with Gasteiger partial charge in [0.1, 0.15) is 0 Å². The number of hydrogen-bond donors (Lipinski definition) is 0. The van der Waals surface area contributed by atoms with Gasteiger partial charge in [0.05, 0.1) is 20.3 Å². The molecular formula is C9H13ClN2O2S. The lowest BCUT2D eigenvalue weighted by Crippen LogP contribution is -1.96. The summed E-state index contributed by atoms with van der Waals surface area (Å²) in [6.07, 6.45) is 0.926. The summed E-state index contributed by atoms with van der Waals surface area (Å²) in [7, 11) is 3.13. The van der Waals surface area contributed by atoms with Gasteiger partial charge in [-0.2, -0.15) is 9.97 Å². The van der Waals surface area contributed by atoms with Gasteiger partial charge in [-0.15, -0.1) is 11.6 Å². The Bertz CT molecular complexity index is 290. The highest BCUT2D eigenvalue weighted by atomic mass is 35.5. The molecule has 0 saturated carbocycles. The Morgan fingerprint density at radius 2 is 1.87 bits per heavy atom. The topological polar surface area (TPSA) is 44.2 Å². The minimum absolute atomic E-state index is 0.509. The molecule has 1 aromatic heterocycles. The first-order valence-corrected chi connectivity index (χ1v) is 5.98. The molecule has 0 aliphatic heterocycles. The van der Waals surface area contributed by atoms with Gasteiger partial charge in [0.15, 0.2) is 5.16 Å². The van der Waals surface area contributed by atoms with Gasteiger partial charge < -0.3 is 9.47 Å². The largest absolute Gasteiger partial charge is 0.481 e. The van der Waals surface area contributed by atoms with Crippen LogP contribution in [0.4, 0.5) is 0 Å². The highest BCUT2D eigenvalue weighted by Crippen LogP contribution is 2.21. The Labute approximate surface area is 98.3 Å². The lowest BCUT2D eigenvalue weighted by atomic mass is 10.6. The van der Waals surface area contributed by atoms with E-state index in [-0.39, 0.29) is 0 Å². The van der Waals surface area contributed by atoms with Crippen molar-refractivity contribution in [3.05, 3.63) is 6.07 Å². The molecule has 6 heteroatoms. The zero-order chi connectivity index (χ0) is 11.1. The van der Waals surface area contributed by atoms with E-state index in [4.69, 9.17) is 21.1 Å². The van der Waals surface area contributed by atoms with Crippen LogP contribution in [0.5, 0.6) is 11.8 Å². The van der Waals surface area contributed by atoms with E-state index < -0.39 is 0 Å². The van der Waals surface area contributed by atoms with Gasteiger partial charge in [-0.05, 0) is 6.42 Å². The van der Waals surface area contributed by atoms with Crippen molar-refractivity contribution in [1.82, 2.24) is 9.97 Å². The maximum Gasteiger partial charge on any atom is 0.220 e. The summed E-state index contributed by atoms with van der Waals surface area (Å²) >= 11 is 7.12. The second-order valence-electron chi connectivity index (χ2n) is 2.63.